The molecular formula is C15H17NO. The summed E-state index contributed by atoms with van der Waals surface area (Å²) in [5, 5.41) is 0. The van der Waals surface area contributed by atoms with Gasteiger partial charge in [-0.3, -0.25) is 0 Å². The van der Waals surface area contributed by atoms with Crippen molar-refractivity contribution in [3.05, 3.63) is 65.2 Å². The summed E-state index contributed by atoms with van der Waals surface area (Å²) in [4.78, 5) is 0. The maximum absolute atomic E-state index is 5.72. The largest absolute Gasteiger partial charge is 0.489 e. The van der Waals surface area contributed by atoms with Crippen LogP contribution < -0.4 is 10.5 Å². The van der Waals surface area contributed by atoms with E-state index in [1.165, 1.54) is 5.56 Å². The van der Waals surface area contributed by atoms with E-state index in [2.05, 4.69) is 25.1 Å². The SMILES string of the molecule is Cc1cccc(OCc2ccc(CN)cc2)c1. The molecule has 2 N–H and O–H groups in total. The molecule has 0 heterocycles. The summed E-state index contributed by atoms with van der Waals surface area (Å²) in [6.45, 7) is 3.23. The average Bonchev–Trinajstić information content (AvgIpc) is 2.37. The summed E-state index contributed by atoms with van der Waals surface area (Å²) in [7, 11) is 0. The summed E-state index contributed by atoms with van der Waals surface area (Å²) < 4.78 is 5.72. The quantitative estimate of drug-likeness (QED) is 0.871. The molecule has 0 saturated carbocycles. The second-order valence-electron chi connectivity index (χ2n) is 4.13. The Kier molecular flexibility index (Phi) is 3.78. The summed E-state index contributed by atoms with van der Waals surface area (Å²) in [6, 6.07) is 16.3. The van der Waals surface area contributed by atoms with Gasteiger partial charge in [-0.25, -0.2) is 0 Å². The first-order valence-corrected chi connectivity index (χ1v) is 5.75. The normalized spacial score (nSPS) is 10.2. The van der Waals surface area contributed by atoms with Crippen LogP contribution in [-0.4, -0.2) is 0 Å². The Morgan fingerprint density at radius 1 is 1.00 bits per heavy atom. The van der Waals surface area contributed by atoms with Crippen LogP contribution in [0.4, 0.5) is 0 Å². The van der Waals surface area contributed by atoms with Crippen LogP contribution in [0.25, 0.3) is 0 Å². The lowest BCUT2D eigenvalue weighted by Gasteiger charge is -2.07. The molecule has 0 saturated heterocycles. The molecule has 17 heavy (non-hydrogen) atoms. The van der Waals surface area contributed by atoms with E-state index in [-0.39, 0.29) is 0 Å². The van der Waals surface area contributed by atoms with Crippen molar-refractivity contribution >= 4 is 0 Å². The van der Waals surface area contributed by atoms with Gasteiger partial charge in [0.15, 0.2) is 0 Å². The topological polar surface area (TPSA) is 35.2 Å². The van der Waals surface area contributed by atoms with Crippen molar-refractivity contribution < 1.29 is 4.74 Å². The summed E-state index contributed by atoms with van der Waals surface area (Å²) in [5.74, 6) is 0.910. The second kappa shape index (κ2) is 5.51. The van der Waals surface area contributed by atoms with Crippen molar-refractivity contribution in [2.24, 2.45) is 5.73 Å². The van der Waals surface area contributed by atoms with Gasteiger partial charge in [0.05, 0.1) is 0 Å². The number of aryl methyl sites for hydroxylation is 1. The van der Waals surface area contributed by atoms with Crippen molar-refractivity contribution in [3.8, 4) is 5.75 Å². The number of rotatable bonds is 4. The van der Waals surface area contributed by atoms with E-state index in [1.807, 2.05) is 30.3 Å². The first-order valence-electron chi connectivity index (χ1n) is 5.75. The van der Waals surface area contributed by atoms with Gasteiger partial charge in [0, 0.05) is 6.54 Å². The molecule has 0 aliphatic carbocycles. The number of nitrogens with two attached hydrogens (primary N) is 1. The van der Waals surface area contributed by atoms with Gasteiger partial charge >= 0.3 is 0 Å². The highest BCUT2D eigenvalue weighted by Gasteiger charge is 1.96. The molecule has 0 bridgehead atoms. The van der Waals surface area contributed by atoms with E-state index in [4.69, 9.17) is 10.5 Å². The van der Waals surface area contributed by atoms with Gasteiger partial charge in [-0.15, -0.1) is 0 Å². The van der Waals surface area contributed by atoms with E-state index in [9.17, 15) is 0 Å². The summed E-state index contributed by atoms with van der Waals surface area (Å²) in [5.41, 5.74) is 9.06. The molecule has 0 aliphatic rings. The molecule has 0 atom stereocenters. The zero-order valence-corrected chi connectivity index (χ0v) is 10.0. The van der Waals surface area contributed by atoms with Crippen LogP contribution in [-0.2, 0) is 13.2 Å². The van der Waals surface area contributed by atoms with Crippen LogP contribution in [0.15, 0.2) is 48.5 Å². The third-order valence-corrected chi connectivity index (χ3v) is 2.65. The highest BCUT2D eigenvalue weighted by Crippen LogP contribution is 2.14. The van der Waals surface area contributed by atoms with Crippen LogP contribution in [0, 0.1) is 6.92 Å². The van der Waals surface area contributed by atoms with E-state index < -0.39 is 0 Å². The molecule has 0 unspecified atom stereocenters. The molecule has 2 aromatic carbocycles. The van der Waals surface area contributed by atoms with Gasteiger partial charge in [-0.2, -0.15) is 0 Å². The summed E-state index contributed by atoms with van der Waals surface area (Å²) in [6.07, 6.45) is 0. The van der Waals surface area contributed by atoms with Crippen molar-refractivity contribution in [2.45, 2.75) is 20.1 Å². The first-order chi connectivity index (χ1) is 8.28. The number of hydrogen-bond acceptors (Lipinski definition) is 2. The van der Waals surface area contributed by atoms with Crippen LogP contribution in [0.1, 0.15) is 16.7 Å². The fourth-order valence-corrected chi connectivity index (χ4v) is 1.64. The minimum atomic E-state index is 0.582. The lowest BCUT2D eigenvalue weighted by molar-refractivity contribution is 0.306. The minimum Gasteiger partial charge on any atom is -0.489 e. The van der Waals surface area contributed by atoms with Gasteiger partial charge < -0.3 is 10.5 Å². The van der Waals surface area contributed by atoms with Crippen molar-refractivity contribution in [3.63, 3.8) is 0 Å². The molecule has 2 heteroatoms. The Bertz CT molecular complexity index is 477. The highest BCUT2D eigenvalue weighted by molar-refractivity contribution is 5.28. The first kappa shape index (κ1) is 11.7. The zero-order valence-electron chi connectivity index (χ0n) is 10.0. The molecule has 2 rings (SSSR count). The zero-order chi connectivity index (χ0) is 12.1. The van der Waals surface area contributed by atoms with E-state index >= 15 is 0 Å². The third-order valence-electron chi connectivity index (χ3n) is 2.65. The van der Waals surface area contributed by atoms with Gasteiger partial charge in [0.1, 0.15) is 12.4 Å². The highest BCUT2D eigenvalue weighted by atomic mass is 16.5. The van der Waals surface area contributed by atoms with E-state index in [0.717, 1.165) is 16.9 Å². The molecule has 0 radical (unpaired) electrons. The smallest absolute Gasteiger partial charge is 0.120 e. The van der Waals surface area contributed by atoms with Gasteiger partial charge in [0.2, 0.25) is 0 Å². The van der Waals surface area contributed by atoms with E-state index in [1.54, 1.807) is 0 Å². The van der Waals surface area contributed by atoms with Crippen molar-refractivity contribution in [2.75, 3.05) is 0 Å². The van der Waals surface area contributed by atoms with Crippen LogP contribution in [0.5, 0.6) is 5.75 Å². The molecule has 2 aromatic rings. The van der Waals surface area contributed by atoms with Gasteiger partial charge in [-0.1, -0.05) is 36.4 Å². The Morgan fingerprint density at radius 2 is 1.71 bits per heavy atom. The molecule has 2 nitrogen and oxygen atoms in total. The van der Waals surface area contributed by atoms with Crippen LogP contribution >= 0.6 is 0 Å². The van der Waals surface area contributed by atoms with Crippen LogP contribution in [0.3, 0.4) is 0 Å². The molecule has 0 amide bonds. The lowest BCUT2D eigenvalue weighted by atomic mass is 10.1. The second-order valence-corrected chi connectivity index (χ2v) is 4.13. The van der Waals surface area contributed by atoms with Crippen molar-refractivity contribution in [1.29, 1.82) is 0 Å². The van der Waals surface area contributed by atoms with E-state index in [0.29, 0.717) is 13.2 Å². The summed E-state index contributed by atoms with van der Waals surface area (Å²) >= 11 is 0. The Labute approximate surface area is 102 Å². The molecular weight excluding hydrogens is 210 g/mol. The predicted molar refractivity (Wildman–Crippen MR) is 69.8 cm³/mol. The van der Waals surface area contributed by atoms with Gasteiger partial charge in [0.25, 0.3) is 0 Å². The van der Waals surface area contributed by atoms with Crippen molar-refractivity contribution in [1.82, 2.24) is 0 Å². The molecule has 0 aliphatic heterocycles. The fourth-order valence-electron chi connectivity index (χ4n) is 1.64. The van der Waals surface area contributed by atoms with Gasteiger partial charge in [-0.05, 0) is 35.7 Å². The average molecular weight is 227 g/mol. The number of hydrogen-bond donors (Lipinski definition) is 1. The maximum Gasteiger partial charge on any atom is 0.120 e. The Hall–Kier alpha value is -1.80. The predicted octanol–water partition coefficient (Wildman–Crippen LogP) is 3.03. The minimum absolute atomic E-state index is 0.582. The molecule has 0 spiro atoms. The third kappa shape index (κ3) is 3.33. The number of benzene rings is 2. The van der Waals surface area contributed by atoms with Crippen LogP contribution in [0.2, 0.25) is 0 Å². The monoisotopic (exact) mass is 227 g/mol. The Morgan fingerprint density at radius 3 is 2.35 bits per heavy atom. The maximum atomic E-state index is 5.72. The Balaban J connectivity index is 1.97. The fraction of sp³-hybridized carbons (Fsp3) is 0.200. The molecule has 0 fully saturated rings. The number of ether oxygens (including phenoxy) is 1. The molecule has 88 valence electrons. The lowest BCUT2D eigenvalue weighted by Crippen LogP contribution is -1.98. The molecule has 0 aromatic heterocycles. The standard InChI is InChI=1S/C15H17NO/c1-12-3-2-4-15(9-12)17-11-14-7-5-13(10-16)6-8-14/h2-9H,10-11,16H2,1H3.